The molecule has 3 N–H and O–H groups in total. The van der Waals surface area contributed by atoms with Crippen molar-refractivity contribution >= 4 is 66.9 Å². The summed E-state index contributed by atoms with van der Waals surface area (Å²) in [5.74, 6) is 0.523. The Morgan fingerprint density at radius 3 is 2.47 bits per heavy atom. The molecule has 0 saturated carbocycles. The van der Waals surface area contributed by atoms with Crippen LogP contribution in [0.2, 0.25) is 0 Å². The summed E-state index contributed by atoms with van der Waals surface area (Å²) >= 11 is 10.6. The van der Waals surface area contributed by atoms with Gasteiger partial charge in [-0.2, -0.15) is 0 Å². The summed E-state index contributed by atoms with van der Waals surface area (Å²) in [6.07, 6.45) is 3.00. The molecule has 0 radical (unpaired) electrons. The van der Waals surface area contributed by atoms with Crippen LogP contribution >= 0.6 is 39.5 Å². The first-order valence-corrected chi connectivity index (χ1v) is 11.9. The number of amides is 1. The lowest BCUT2D eigenvalue weighted by molar-refractivity contribution is 0.102. The highest BCUT2D eigenvalue weighted by Gasteiger charge is 2.28. The molecule has 154 valence electrons. The molecule has 4 nitrogen and oxygen atoms in total. The van der Waals surface area contributed by atoms with Crippen LogP contribution in [0, 0.1) is 5.92 Å². The molecule has 4 rings (SSSR count). The van der Waals surface area contributed by atoms with Gasteiger partial charge in [-0.1, -0.05) is 41.1 Å². The smallest absolute Gasteiger partial charge is 0.258 e. The van der Waals surface area contributed by atoms with Crippen molar-refractivity contribution in [1.82, 2.24) is 0 Å². The van der Waals surface area contributed by atoms with E-state index in [4.69, 9.17) is 12.2 Å². The predicted molar refractivity (Wildman–Crippen MR) is 134 cm³/mol. The van der Waals surface area contributed by atoms with E-state index in [9.17, 15) is 4.79 Å². The van der Waals surface area contributed by atoms with Crippen molar-refractivity contribution in [3.63, 3.8) is 0 Å². The maximum atomic E-state index is 13.3. The molecule has 0 aliphatic heterocycles. The highest BCUT2D eigenvalue weighted by molar-refractivity contribution is 9.10. The lowest BCUT2D eigenvalue weighted by Crippen LogP contribution is -2.22. The number of hydrogen-bond donors (Lipinski definition) is 3. The number of anilines is 3. The molecule has 0 fully saturated rings. The van der Waals surface area contributed by atoms with Crippen LogP contribution in [0.3, 0.4) is 0 Å². The normalized spacial score (nSPS) is 15.2. The SMILES string of the molecule is CC1CCc2c(sc(NC(=S)Nc3ccccc3)c2C(=O)Nc2ccc(Br)cc2)C1. The van der Waals surface area contributed by atoms with Crippen molar-refractivity contribution in [1.29, 1.82) is 0 Å². The number of carbonyl (C=O) groups excluding carboxylic acids is 1. The third kappa shape index (κ3) is 4.91. The number of fused-ring (bicyclic) bond motifs is 1. The predicted octanol–water partition coefficient (Wildman–Crippen LogP) is 6.70. The van der Waals surface area contributed by atoms with Crippen molar-refractivity contribution < 1.29 is 4.79 Å². The van der Waals surface area contributed by atoms with Crippen LogP contribution in [-0.2, 0) is 12.8 Å². The number of carbonyl (C=O) groups is 1. The number of thiophene rings is 1. The van der Waals surface area contributed by atoms with Crippen molar-refractivity contribution in [2.24, 2.45) is 5.92 Å². The Balaban J connectivity index is 1.60. The summed E-state index contributed by atoms with van der Waals surface area (Å²) in [6, 6.07) is 17.4. The van der Waals surface area contributed by atoms with Gasteiger partial charge in [-0.15, -0.1) is 11.3 Å². The summed E-state index contributed by atoms with van der Waals surface area (Å²) in [5.41, 5.74) is 3.54. The van der Waals surface area contributed by atoms with E-state index < -0.39 is 0 Å². The maximum Gasteiger partial charge on any atom is 0.258 e. The topological polar surface area (TPSA) is 53.2 Å². The lowest BCUT2D eigenvalue weighted by Gasteiger charge is -2.18. The Morgan fingerprint density at radius 2 is 1.73 bits per heavy atom. The van der Waals surface area contributed by atoms with Gasteiger partial charge in [0.2, 0.25) is 0 Å². The van der Waals surface area contributed by atoms with Gasteiger partial charge < -0.3 is 16.0 Å². The summed E-state index contributed by atoms with van der Waals surface area (Å²) in [7, 11) is 0. The van der Waals surface area contributed by atoms with E-state index in [-0.39, 0.29) is 5.91 Å². The zero-order chi connectivity index (χ0) is 21.1. The number of para-hydroxylation sites is 1. The Morgan fingerprint density at radius 1 is 1.03 bits per heavy atom. The van der Waals surface area contributed by atoms with Gasteiger partial charge in [-0.05, 0) is 79.4 Å². The van der Waals surface area contributed by atoms with Gasteiger partial charge in [0.05, 0.1) is 5.56 Å². The van der Waals surface area contributed by atoms with Crippen LogP contribution in [0.5, 0.6) is 0 Å². The molecule has 1 amide bonds. The van der Waals surface area contributed by atoms with Crippen LogP contribution in [0.15, 0.2) is 59.1 Å². The third-order valence-corrected chi connectivity index (χ3v) is 7.00. The molecular weight excluding hydrogens is 478 g/mol. The molecule has 1 aliphatic carbocycles. The van der Waals surface area contributed by atoms with Gasteiger partial charge >= 0.3 is 0 Å². The molecule has 2 aromatic carbocycles. The Hall–Kier alpha value is -2.22. The van der Waals surface area contributed by atoms with Gasteiger partial charge in [0.25, 0.3) is 5.91 Å². The molecule has 1 unspecified atom stereocenters. The first-order chi connectivity index (χ1) is 14.5. The average Bonchev–Trinajstić information content (AvgIpc) is 3.07. The molecule has 0 spiro atoms. The van der Waals surface area contributed by atoms with Gasteiger partial charge in [-0.25, -0.2) is 0 Å². The summed E-state index contributed by atoms with van der Waals surface area (Å²) in [5, 5.41) is 10.8. The van der Waals surface area contributed by atoms with E-state index in [1.165, 1.54) is 4.88 Å². The molecule has 1 atom stereocenters. The van der Waals surface area contributed by atoms with E-state index in [2.05, 4.69) is 38.8 Å². The van der Waals surface area contributed by atoms with E-state index >= 15 is 0 Å². The van der Waals surface area contributed by atoms with Crippen LogP contribution in [0.25, 0.3) is 0 Å². The first kappa shape index (κ1) is 21.0. The van der Waals surface area contributed by atoms with Crippen molar-refractivity contribution in [2.45, 2.75) is 26.2 Å². The average molecular weight is 500 g/mol. The van der Waals surface area contributed by atoms with Crippen LogP contribution in [-0.4, -0.2) is 11.0 Å². The second kappa shape index (κ2) is 9.29. The number of benzene rings is 2. The minimum Gasteiger partial charge on any atom is -0.332 e. The molecule has 1 aliphatic rings. The fourth-order valence-corrected chi connectivity index (χ4v) is 5.55. The largest absolute Gasteiger partial charge is 0.332 e. The second-order valence-electron chi connectivity index (χ2n) is 7.46. The van der Waals surface area contributed by atoms with E-state index in [1.54, 1.807) is 11.3 Å². The van der Waals surface area contributed by atoms with Crippen molar-refractivity contribution in [2.75, 3.05) is 16.0 Å². The van der Waals surface area contributed by atoms with E-state index in [1.807, 2.05) is 54.6 Å². The molecule has 0 bridgehead atoms. The van der Waals surface area contributed by atoms with Gasteiger partial charge in [0.1, 0.15) is 5.00 Å². The number of hydrogen-bond acceptors (Lipinski definition) is 3. The zero-order valence-electron chi connectivity index (χ0n) is 16.5. The van der Waals surface area contributed by atoms with Gasteiger partial charge in [0, 0.05) is 20.7 Å². The highest BCUT2D eigenvalue weighted by Crippen LogP contribution is 2.40. The van der Waals surface area contributed by atoms with E-state index in [0.717, 1.165) is 45.7 Å². The molecular formula is C23H22BrN3OS2. The van der Waals surface area contributed by atoms with Crippen molar-refractivity contribution in [3.8, 4) is 0 Å². The minimum atomic E-state index is -0.102. The number of halogens is 1. The summed E-state index contributed by atoms with van der Waals surface area (Å²) in [4.78, 5) is 14.5. The fraction of sp³-hybridized carbons (Fsp3) is 0.217. The number of thiocarbonyl (C=S) groups is 1. The zero-order valence-corrected chi connectivity index (χ0v) is 19.7. The second-order valence-corrected chi connectivity index (χ2v) is 9.89. The van der Waals surface area contributed by atoms with Gasteiger partial charge in [0.15, 0.2) is 5.11 Å². The molecule has 30 heavy (non-hydrogen) atoms. The van der Waals surface area contributed by atoms with Crippen LogP contribution in [0.4, 0.5) is 16.4 Å². The molecule has 7 heteroatoms. The van der Waals surface area contributed by atoms with Crippen molar-refractivity contribution in [3.05, 3.63) is 75.1 Å². The maximum absolute atomic E-state index is 13.3. The summed E-state index contributed by atoms with van der Waals surface area (Å²) in [6.45, 7) is 2.26. The number of rotatable bonds is 4. The fourth-order valence-electron chi connectivity index (χ4n) is 3.59. The number of nitrogens with one attached hydrogen (secondary N) is 3. The molecule has 3 aromatic rings. The van der Waals surface area contributed by atoms with Crippen LogP contribution < -0.4 is 16.0 Å². The summed E-state index contributed by atoms with van der Waals surface area (Å²) < 4.78 is 0.974. The molecule has 1 heterocycles. The van der Waals surface area contributed by atoms with E-state index in [0.29, 0.717) is 16.6 Å². The highest BCUT2D eigenvalue weighted by atomic mass is 79.9. The Kier molecular flexibility index (Phi) is 6.51. The standard InChI is InChI=1S/C23H22BrN3OS2/c1-14-7-12-18-19(13-14)30-22(27-23(29)26-16-5-3-2-4-6-16)20(18)21(28)25-17-10-8-15(24)9-11-17/h2-6,8-11,14H,7,12-13H2,1H3,(H,25,28)(H2,26,27,29). The Labute approximate surface area is 194 Å². The van der Waals surface area contributed by atoms with Crippen LogP contribution in [0.1, 0.15) is 34.1 Å². The van der Waals surface area contributed by atoms with Gasteiger partial charge in [-0.3, -0.25) is 4.79 Å². The third-order valence-electron chi connectivity index (χ3n) is 5.10. The lowest BCUT2D eigenvalue weighted by atomic mass is 9.88. The quantitative estimate of drug-likeness (QED) is 0.349. The monoisotopic (exact) mass is 499 g/mol. The molecule has 1 aromatic heterocycles. The first-order valence-electron chi connectivity index (χ1n) is 9.84. The Bertz CT molecular complexity index is 1060. The molecule has 0 saturated heterocycles. The minimum absolute atomic E-state index is 0.102.